The third kappa shape index (κ3) is 2.74. The molecule has 2 aromatic rings. The number of pyridine rings is 1. The van der Waals surface area contributed by atoms with Crippen LogP contribution in [0.15, 0.2) is 24.5 Å². The molecule has 6 heteroatoms. The first-order chi connectivity index (χ1) is 10.6. The van der Waals surface area contributed by atoms with Crippen LogP contribution < -0.4 is 0 Å². The Morgan fingerprint density at radius 1 is 1.41 bits per heavy atom. The van der Waals surface area contributed by atoms with Crippen LogP contribution in [0.25, 0.3) is 0 Å². The van der Waals surface area contributed by atoms with E-state index in [0.717, 1.165) is 30.9 Å². The largest absolute Gasteiger partial charge is 0.332 e. The summed E-state index contributed by atoms with van der Waals surface area (Å²) in [5, 5.41) is 4.62. The molecule has 116 valence electrons. The summed E-state index contributed by atoms with van der Waals surface area (Å²) in [6.07, 6.45) is 4.16. The Morgan fingerprint density at radius 3 is 2.91 bits per heavy atom. The van der Waals surface area contributed by atoms with Gasteiger partial charge in [-0.1, -0.05) is 0 Å². The van der Waals surface area contributed by atoms with Gasteiger partial charge in [0.15, 0.2) is 0 Å². The molecule has 0 fully saturated rings. The third-order valence-electron chi connectivity index (χ3n) is 3.99. The summed E-state index contributed by atoms with van der Waals surface area (Å²) in [5.74, 6) is 0.0362. The zero-order valence-corrected chi connectivity index (χ0v) is 13.3. The van der Waals surface area contributed by atoms with Crippen LogP contribution in [0, 0.1) is 0 Å². The van der Waals surface area contributed by atoms with Crippen molar-refractivity contribution in [2.45, 2.75) is 19.5 Å². The van der Waals surface area contributed by atoms with Gasteiger partial charge in [-0.3, -0.25) is 14.5 Å². The van der Waals surface area contributed by atoms with Crippen molar-refractivity contribution in [3.8, 4) is 0 Å². The molecule has 0 saturated carbocycles. The van der Waals surface area contributed by atoms with Crippen molar-refractivity contribution >= 4 is 5.91 Å². The molecule has 0 spiro atoms. The predicted molar refractivity (Wildman–Crippen MR) is 83.3 cm³/mol. The lowest BCUT2D eigenvalue weighted by Gasteiger charge is -2.27. The average Bonchev–Trinajstić information content (AvgIpc) is 2.82. The second-order valence-corrected chi connectivity index (χ2v) is 5.95. The third-order valence-corrected chi connectivity index (χ3v) is 3.99. The summed E-state index contributed by atoms with van der Waals surface area (Å²) in [7, 11) is 6.04. The molecule has 0 aromatic carbocycles. The Kier molecular flexibility index (Phi) is 3.94. The van der Waals surface area contributed by atoms with E-state index in [1.807, 2.05) is 36.8 Å². The van der Waals surface area contributed by atoms with Crippen molar-refractivity contribution in [1.29, 1.82) is 0 Å². The van der Waals surface area contributed by atoms with E-state index in [2.05, 4.69) is 15.0 Å². The van der Waals surface area contributed by atoms with Gasteiger partial charge in [-0.15, -0.1) is 0 Å². The van der Waals surface area contributed by atoms with E-state index in [1.54, 1.807) is 18.5 Å². The molecule has 1 amide bonds. The average molecular weight is 299 g/mol. The van der Waals surface area contributed by atoms with E-state index in [1.165, 1.54) is 5.56 Å². The van der Waals surface area contributed by atoms with E-state index in [9.17, 15) is 4.79 Å². The Bertz CT molecular complexity index is 677. The minimum atomic E-state index is 0.0362. The molecule has 6 nitrogen and oxygen atoms in total. The Morgan fingerprint density at radius 2 is 2.23 bits per heavy atom. The highest BCUT2D eigenvalue weighted by atomic mass is 16.2. The van der Waals surface area contributed by atoms with Gasteiger partial charge in [-0.25, -0.2) is 0 Å². The Balaban J connectivity index is 1.82. The number of rotatable bonds is 3. The smallest absolute Gasteiger partial charge is 0.255 e. The maximum atomic E-state index is 12.6. The van der Waals surface area contributed by atoms with Crippen LogP contribution in [0.4, 0.5) is 0 Å². The summed E-state index contributed by atoms with van der Waals surface area (Å²) in [6, 6.07) is 3.60. The lowest BCUT2D eigenvalue weighted by Crippen LogP contribution is -2.36. The van der Waals surface area contributed by atoms with Gasteiger partial charge in [-0.2, -0.15) is 5.10 Å². The number of nitrogens with zero attached hydrogens (tertiary/aromatic N) is 5. The molecule has 0 aliphatic carbocycles. The van der Waals surface area contributed by atoms with Gasteiger partial charge in [0.2, 0.25) is 0 Å². The highest BCUT2D eigenvalue weighted by molar-refractivity contribution is 5.94. The van der Waals surface area contributed by atoms with Crippen molar-refractivity contribution < 1.29 is 4.79 Å². The fourth-order valence-electron chi connectivity index (χ4n) is 2.93. The molecule has 0 bridgehead atoms. The van der Waals surface area contributed by atoms with E-state index in [0.29, 0.717) is 12.1 Å². The van der Waals surface area contributed by atoms with Crippen LogP contribution in [0.2, 0.25) is 0 Å². The van der Waals surface area contributed by atoms with Crippen LogP contribution in [0.5, 0.6) is 0 Å². The SMILES string of the molecule is CN(C)Cc1nn(C)c2c1CCN(C(=O)c1cccnc1)C2. The summed E-state index contributed by atoms with van der Waals surface area (Å²) in [4.78, 5) is 20.6. The topological polar surface area (TPSA) is 54.3 Å². The van der Waals surface area contributed by atoms with E-state index in [4.69, 9.17) is 0 Å². The summed E-state index contributed by atoms with van der Waals surface area (Å²) < 4.78 is 1.91. The van der Waals surface area contributed by atoms with Crippen molar-refractivity contribution in [3.63, 3.8) is 0 Å². The molecule has 3 rings (SSSR count). The first-order valence-electron chi connectivity index (χ1n) is 7.44. The monoisotopic (exact) mass is 299 g/mol. The first-order valence-corrected chi connectivity index (χ1v) is 7.44. The molecule has 0 atom stereocenters. The summed E-state index contributed by atoms with van der Waals surface area (Å²) in [5.41, 5.74) is 4.20. The Hall–Kier alpha value is -2.21. The number of hydrogen-bond acceptors (Lipinski definition) is 4. The zero-order chi connectivity index (χ0) is 15.7. The first kappa shape index (κ1) is 14.7. The lowest BCUT2D eigenvalue weighted by molar-refractivity contribution is 0.0729. The van der Waals surface area contributed by atoms with Crippen LogP contribution >= 0.6 is 0 Å². The van der Waals surface area contributed by atoms with Gasteiger partial charge in [0, 0.05) is 38.1 Å². The highest BCUT2D eigenvalue weighted by Crippen LogP contribution is 2.23. The minimum Gasteiger partial charge on any atom is -0.332 e. The van der Waals surface area contributed by atoms with Crippen LogP contribution in [-0.2, 0) is 26.6 Å². The van der Waals surface area contributed by atoms with Gasteiger partial charge in [0.25, 0.3) is 5.91 Å². The minimum absolute atomic E-state index is 0.0362. The number of hydrogen-bond donors (Lipinski definition) is 0. The van der Waals surface area contributed by atoms with Gasteiger partial charge in [0.05, 0.1) is 23.5 Å². The van der Waals surface area contributed by atoms with Crippen LogP contribution in [-0.4, -0.2) is 51.1 Å². The molecule has 1 aliphatic heterocycles. The van der Waals surface area contributed by atoms with Crippen molar-refractivity contribution in [3.05, 3.63) is 47.0 Å². The number of carbonyl (C=O) groups is 1. The highest BCUT2D eigenvalue weighted by Gasteiger charge is 2.27. The molecule has 2 aromatic heterocycles. The van der Waals surface area contributed by atoms with Crippen molar-refractivity contribution in [2.24, 2.45) is 7.05 Å². The zero-order valence-electron chi connectivity index (χ0n) is 13.3. The molecule has 0 unspecified atom stereocenters. The number of aryl methyl sites for hydroxylation is 1. The predicted octanol–water partition coefficient (Wildman–Crippen LogP) is 1.08. The quantitative estimate of drug-likeness (QED) is 0.851. The van der Waals surface area contributed by atoms with E-state index >= 15 is 0 Å². The fourth-order valence-corrected chi connectivity index (χ4v) is 2.93. The molecular formula is C16H21N5O. The summed E-state index contributed by atoms with van der Waals surface area (Å²) >= 11 is 0. The normalized spacial score (nSPS) is 14.3. The molecule has 1 aliphatic rings. The molecule has 0 saturated heterocycles. The van der Waals surface area contributed by atoms with Crippen molar-refractivity contribution in [1.82, 2.24) is 24.6 Å². The van der Waals surface area contributed by atoms with Gasteiger partial charge < -0.3 is 9.80 Å². The number of fused-ring (bicyclic) bond motifs is 1. The van der Waals surface area contributed by atoms with Crippen LogP contribution in [0.1, 0.15) is 27.3 Å². The summed E-state index contributed by atoms with van der Waals surface area (Å²) in [6.45, 7) is 2.17. The second kappa shape index (κ2) is 5.88. The maximum absolute atomic E-state index is 12.6. The van der Waals surface area contributed by atoms with Gasteiger partial charge >= 0.3 is 0 Å². The second-order valence-electron chi connectivity index (χ2n) is 5.95. The number of amides is 1. The van der Waals surface area contributed by atoms with Gasteiger partial charge in [-0.05, 0) is 32.6 Å². The molecule has 0 radical (unpaired) electrons. The molecule has 0 N–H and O–H groups in total. The Labute approximate surface area is 130 Å². The molecule has 3 heterocycles. The molecular weight excluding hydrogens is 278 g/mol. The lowest BCUT2D eigenvalue weighted by atomic mass is 10.0. The number of aromatic nitrogens is 3. The van der Waals surface area contributed by atoms with Crippen LogP contribution in [0.3, 0.4) is 0 Å². The number of carbonyl (C=O) groups excluding carboxylic acids is 1. The fraction of sp³-hybridized carbons (Fsp3) is 0.438. The van der Waals surface area contributed by atoms with Gasteiger partial charge in [0.1, 0.15) is 0 Å². The maximum Gasteiger partial charge on any atom is 0.255 e. The standard InChI is InChI=1S/C16H21N5O/c1-19(2)10-14-13-6-8-21(11-15(13)20(3)18-14)16(22)12-5-4-7-17-9-12/h4-5,7,9H,6,8,10-11H2,1-3H3. The van der Waals surface area contributed by atoms with E-state index < -0.39 is 0 Å². The van der Waals surface area contributed by atoms with Crippen molar-refractivity contribution in [2.75, 3.05) is 20.6 Å². The molecule has 22 heavy (non-hydrogen) atoms. The van der Waals surface area contributed by atoms with E-state index in [-0.39, 0.29) is 5.91 Å².